The first-order chi connectivity index (χ1) is 7.20. The number of likely N-dealkylation sites (N-methyl/N-ethyl adjacent to an activating group) is 1. The Morgan fingerprint density at radius 2 is 2.07 bits per heavy atom. The second-order valence-electron chi connectivity index (χ2n) is 4.61. The summed E-state index contributed by atoms with van der Waals surface area (Å²) in [4.78, 5) is 13.9. The Bertz CT molecular complexity index is 206. The Hall–Kier alpha value is -0.570. The average Bonchev–Trinajstić information content (AvgIpc) is 2.28. The van der Waals surface area contributed by atoms with Crippen molar-refractivity contribution in [3.8, 4) is 0 Å². The number of carbonyl (C=O) groups is 1. The third-order valence-electron chi connectivity index (χ3n) is 3.59. The molecule has 1 aliphatic carbocycles. The summed E-state index contributed by atoms with van der Waals surface area (Å²) < 4.78 is 0. The minimum Gasteiger partial charge on any atom is -0.344 e. The van der Waals surface area contributed by atoms with Gasteiger partial charge >= 0.3 is 0 Å². The van der Waals surface area contributed by atoms with Crippen molar-refractivity contribution in [2.75, 3.05) is 20.1 Å². The number of hydrogen-bond donors (Lipinski definition) is 1. The van der Waals surface area contributed by atoms with E-state index in [4.69, 9.17) is 5.73 Å². The molecule has 0 saturated heterocycles. The summed E-state index contributed by atoms with van der Waals surface area (Å²) in [5.41, 5.74) is 5.47. The van der Waals surface area contributed by atoms with Crippen LogP contribution in [0.25, 0.3) is 0 Å². The Balaban J connectivity index is 2.55. The molecule has 2 N–H and O–H groups in total. The summed E-state index contributed by atoms with van der Waals surface area (Å²) >= 11 is 0. The van der Waals surface area contributed by atoms with E-state index < -0.39 is 0 Å². The van der Waals surface area contributed by atoms with Gasteiger partial charge in [0.05, 0.1) is 0 Å². The molecule has 2 atom stereocenters. The average molecular weight is 212 g/mol. The summed E-state index contributed by atoms with van der Waals surface area (Å²) in [6, 6.07) is 0. The maximum atomic E-state index is 12.1. The van der Waals surface area contributed by atoms with Gasteiger partial charge in [-0.1, -0.05) is 26.2 Å². The van der Waals surface area contributed by atoms with Crippen molar-refractivity contribution < 1.29 is 4.79 Å². The van der Waals surface area contributed by atoms with E-state index in [1.165, 1.54) is 19.3 Å². The van der Waals surface area contributed by atoms with Crippen LogP contribution in [0.15, 0.2) is 0 Å². The van der Waals surface area contributed by atoms with E-state index in [0.29, 0.717) is 24.9 Å². The van der Waals surface area contributed by atoms with Gasteiger partial charge in [-0.15, -0.1) is 0 Å². The van der Waals surface area contributed by atoms with Gasteiger partial charge in [-0.25, -0.2) is 0 Å². The lowest BCUT2D eigenvalue weighted by Crippen LogP contribution is -2.40. The molecule has 0 aromatic rings. The van der Waals surface area contributed by atoms with Crippen LogP contribution in [0.3, 0.4) is 0 Å². The normalized spacial score (nSPS) is 26.3. The molecule has 0 unspecified atom stereocenters. The highest BCUT2D eigenvalue weighted by Gasteiger charge is 2.31. The van der Waals surface area contributed by atoms with Crippen LogP contribution in [-0.4, -0.2) is 30.9 Å². The Kier molecular flexibility index (Phi) is 5.09. The lowest BCUT2D eigenvalue weighted by atomic mass is 9.77. The molecule has 15 heavy (non-hydrogen) atoms. The highest BCUT2D eigenvalue weighted by Crippen LogP contribution is 2.33. The van der Waals surface area contributed by atoms with Crippen molar-refractivity contribution in [3.05, 3.63) is 0 Å². The quantitative estimate of drug-likeness (QED) is 0.769. The van der Waals surface area contributed by atoms with Crippen molar-refractivity contribution in [2.45, 2.75) is 39.0 Å². The largest absolute Gasteiger partial charge is 0.344 e. The van der Waals surface area contributed by atoms with Crippen molar-refractivity contribution in [1.82, 2.24) is 4.90 Å². The van der Waals surface area contributed by atoms with E-state index in [-0.39, 0.29) is 5.92 Å². The number of nitrogens with two attached hydrogens (primary N) is 1. The molecule has 0 heterocycles. The van der Waals surface area contributed by atoms with Crippen molar-refractivity contribution in [2.24, 2.45) is 17.6 Å². The van der Waals surface area contributed by atoms with Crippen LogP contribution in [0.4, 0.5) is 0 Å². The Morgan fingerprint density at radius 3 is 2.67 bits per heavy atom. The number of nitrogens with zero attached hydrogens (tertiary/aromatic N) is 1. The zero-order valence-electron chi connectivity index (χ0n) is 10.0. The molecule has 1 rings (SSSR count). The van der Waals surface area contributed by atoms with Gasteiger partial charge in [0.25, 0.3) is 0 Å². The molecule has 0 aromatic heterocycles. The molecule has 1 fully saturated rings. The van der Waals surface area contributed by atoms with Crippen LogP contribution in [0.1, 0.15) is 39.0 Å². The van der Waals surface area contributed by atoms with Gasteiger partial charge in [-0.05, 0) is 18.8 Å². The molecule has 1 aliphatic rings. The van der Waals surface area contributed by atoms with E-state index in [2.05, 4.69) is 6.92 Å². The van der Waals surface area contributed by atoms with Gasteiger partial charge < -0.3 is 10.6 Å². The Morgan fingerprint density at radius 1 is 1.40 bits per heavy atom. The Labute approximate surface area is 93.0 Å². The molecule has 0 spiro atoms. The zero-order valence-corrected chi connectivity index (χ0v) is 10.0. The van der Waals surface area contributed by atoms with Gasteiger partial charge in [0.2, 0.25) is 5.91 Å². The van der Waals surface area contributed by atoms with Crippen LogP contribution in [0, 0.1) is 11.8 Å². The summed E-state index contributed by atoms with van der Waals surface area (Å²) in [5, 5.41) is 0. The highest BCUT2D eigenvalue weighted by molar-refractivity contribution is 5.79. The second kappa shape index (κ2) is 6.11. The highest BCUT2D eigenvalue weighted by atomic mass is 16.2. The SMILES string of the molecule is CC[C@H]1CCCC[C@H]1C(=O)N(C)CCN. The minimum atomic E-state index is 0.264. The standard InChI is InChI=1S/C12H24N2O/c1-3-10-6-4-5-7-11(10)12(15)14(2)9-8-13/h10-11H,3-9,13H2,1-2H3/t10-,11+/m0/s1. The topological polar surface area (TPSA) is 46.3 Å². The smallest absolute Gasteiger partial charge is 0.225 e. The van der Waals surface area contributed by atoms with E-state index in [0.717, 1.165) is 12.8 Å². The van der Waals surface area contributed by atoms with Gasteiger partial charge in [0, 0.05) is 26.1 Å². The molecule has 3 nitrogen and oxygen atoms in total. The fourth-order valence-electron chi connectivity index (χ4n) is 2.61. The van der Waals surface area contributed by atoms with Crippen LogP contribution in [0.2, 0.25) is 0 Å². The molecule has 0 aromatic carbocycles. The zero-order chi connectivity index (χ0) is 11.3. The lowest BCUT2D eigenvalue weighted by Gasteiger charge is -2.32. The van der Waals surface area contributed by atoms with E-state index in [1.807, 2.05) is 7.05 Å². The fourth-order valence-corrected chi connectivity index (χ4v) is 2.61. The van der Waals surface area contributed by atoms with E-state index in [9.17, 15) is 4.79 Å². The third kappa shape index (κ3) is 3.20. The van der Waals surface area contributed by atoms with Gasteiger partial charge in [-0.2, -0.15) is 0 Å². The van der Waals surface area contributed by atoms with E-state index in [1.54, 1.807) is 4.90 Å². The van der Waals surface area contributed by atoms with Crippen LogP contribution in [0.5, 0.6) is 0 Å². The maximum Gasteiger partial charge on any atom is 0.225 e. The number of hydrogen-bond acceptors (Lipinski definition) is 2. The number of rotatable bonds is 4. The fraction of sp³-hybridized carbons (Fsp3) is 0.917. The van der Waals surface area contributed by atoms with Crippen LogP contribution < -0.4 is 5.73 Å². The number of carbonyl (C=O) groups excluding carboxylic acids is 1. The summed E-state index contributed by atoms with van der Waals surface area (Å²) in [6.07, 6.45) is 5.94. The maximum absolute atomic E-state index is 12.1. The van der Waals surface area contributed by atoms with Gasteiger partial charge in [0.1, 0.15) is 0 Å². The van der Waals surface area contributed by atoms with Crippen molar-refractivity contribution in [3.63, 3.8) is 0 Å². The summed E-state index contributed by atoms with van der Waals surface area (Å²) in [6.45, 7) is 3.44. The first-order valence-electron chi connectivity index (χ1n) is 6.15. The molecule has 0 radical (unpaired) electrons. The molecule has 88 valence electrons. The van der Waals surface area contributed by atoms with Crippen molar-refractivity contribution >= 4 is 5.91 Å². The molecule has 1 amide bonds. The van der Waals surface area contributed by atoms with Gasteiger partial charge in [-0.3, -0.25) is 4.79 Å². The van der Waals surface area contributed by atoms with Crippen LogP contribution in [-0.2, 0) is 4.79 Å². The molecular formula is C12H24N2O. The molecule has 0 bridgehead atoms. The summed E-state index contributed by atoms with van der Waals surface area (Å²) in [7, 11) is 1.87. The molecule has 0 aliphatic heterocycles. The van der Waals surface area contributed by atoms with E-state index >= 15 is 0 Å². The predicted molar refractivity (Wildman–Crippen MR) is 62.4 cm³/mol. The first kappa shape index (κ1) is 12.5. The first-order valence-corrected chi connectivity index (χ1v) is 6.15. The molecule has 3 heteroatoms. The lowest BCUT2D eigenvalue weighted by molar-refractivity contribution is -0.137. The van der Waals surface area contributed by atoms with Crippen LogP contribution >= 0.6 is 0 Å². The van der Waals surface area contributed by atoms with Gasteiger partial charge in [0.15, 0.2) is 0 Å². The predicted octanol–water partition coefficient (Wildman–Crippen LogP) is 1.62. The van der Waals surface area contributed by atoms with Crippen molar-refractivity contribution in [1.29, 1.82) is 0 Å². The monoisotopic (exact) mass is 212 g/mol. The second-order valence-corrected chi connectivity index (χ2v) is 4.61. The number of amides is 1. The third-order valence-corrected chi connectivity index (χ3v) is 3.59. The molecular weight excluding hydrogens is 188 g/mol. The molecule has 1 saturated carbocycles. The summed E-state index contributed by atoms with van der Waals surface area (Å²) in [5.74, 6) is 1.18. The minimum absolute atomic E-state index is 0.264.